The number of aryl methyl sites for hydroxylation is 1. The summed E-state index contributed by atoms with van der Waals surface area (Å²) in [6.45, 7) is 1.87. The van der Waals surface area contributed by atoms with Crippen LogP contribution in [0, 0.1) is 18.8 Å². The molecule has 1 aliphatic carbocycles. The lowest BCUT2D eigenvalue weighted by molar-refractivity contribution is -0.122. The second kappa shape index (κ2) is 7.80. The topological polar surface area (TPSA) is 84.5 Å². The number of amides is 2. The lowest BCUT2D eigenvalue weighted by Crippen LogP contribution is -2.21. The smallest absolute Gasteiger partial charge is 0.337 e. The molecule has 0 heterocycles. The first-order chi connectivity index (χ1) is 12.9. The van der Waals surface area contributed by atoms with Gasteiger partial charge in [0.2, 0.25) is 11.8 Å². The van der Waals surface area contributed by atoms with E-state index in [4.69, 9.17) is 11.6 Å². The molecule has 2 unspecified atom stereocenters. The Morgan fingerprint density at radius 2 is 1.74 bits per heavy atom. The van der Waals surface area contributed by atoms with Gasteiger partial charge in [-0.2, -0.15) is 0 Å². The van der Waals surface area contributed by atoms with Crippen molar-refractivity contribution in [1.82, 2.24) is 0 Å². The van der Waals surface area contributed by atoms with Crippen LogP contribution in [0.15, 0.2) is 42.5 Å². The van der Waals surface area contributed by atoms with Gasteiger partial charge in [0.1, 0.15) is 0 Å². The summed E-state index contributed by atoms with van der Waals surface area (Å²) in [7, 11) is 1.29. The highest BCUT2D eigenvalue weighted by Gasteiger charge is 2.48. The van der Waals surface area contributed by atoms with Crippen LogP contribution in [0.4, 0.5) is 11.4 Å². The number of hydrogen-bond donors (Lipinski definition) is 2. The highest BCUT2D eigenvalue weighted by molar-refractivity contribution is 6.31. The molecule has 2 amide bonds. The predicted molar refractivity (Wildman–Crippen MR) is 103 cm³/mol. The molecule has 140 valence electrons. The highest BCUT2D eigenvalue weighted by Crippen LogP contribution is 2.40. The molecule has 0 saturated heterocycles. The van der Waals surface area contributed by atoms with Crippen LogP contribution in [0.1, 0.15) is 22.3 Å². The maximum absolute atomic E-state index is 12.4. The summed E-state index contributed by atoms with van der Waals surface area (Å²) in [5.74, 6) is -1.71. The van der Waals surface area contributed by atoms with Crippen LogP contribution < -0.4 is 10.6 Å². The number of esters is 1. The van der Waals surface area contributed by atoms with Gasteiger partial charge in [-0.1, -0.05) is 23.7 Å². The van der Waals surface area contributed by atoms with E-state index in [2.05, 4.69) is 15.4 Å². The number of carbonyl (C=O) groups excluding carboxylic acids is 3. The van der Waals surface area contributed by atoms with Gasteiger partial charge in [0.05, 0.1) is 24.5 Å². The standard InChI is InChI=1S/C20H19ClN2O4/c1-11-6-7-13(21)9-17(11)23-19(25)16-10-15(16)18(24)22-14-5-3-4-12(8-14)20(26)27-2/h3-9,15-16H,10H2,1-2H3,(H,22,24)(H,23,25). The number of halogens is 1. The van der Waals surface area contributed by atoms with Gasteiger partial charge in [0, 0.05) is 16.4 Å². The van der Waals surface area contributed by atoms with E-state index in [9.17, 15) is 14.4 Å². The molecule has 1 saturated carbocycles. The first kappa shape index (κ1) is 18.9. The number of nitrogens with one attached hydrogen (secondary N) is 2. The second-order valence-electron chi connectivity index (χ2n) is 6.46. The van der Waals surface area contributed by atoms with E-state index in [0.29, 0.717) is 28.4 Å². The number of carbonyl (C=O) groups is 3. The van der Waals surface area contributed by atoms with Gasteiger partial charge in [-0.25, -0.2) is 4.79 Å². The van der Waals surface area contributed by atoms with E-state index in [1.54, 1.807) is 30.3 Å². The van der Waals surface area contributed by atoms with Gasteiger partial charge in [0.15, 0.2) is 0 Å². The zero-order valence-electron chi connectivity index (χ0n) is 14.9. The molecule has 7 heteroatoms. The van der Waals surface area contributed by atoms with Crippen molar-refractivity contribution in [1.29, 1.82) is 0 Å². The summed E-state index contributed by atoms with van der Waals surface area (Å²) in [5.41, 5.74) is 2.37. The van der Waals surface area contributed by atoms with Gasteiger partial charge >= 0.3 is 5.97 Å². The normalized spacial score (nSPS) is 17.7. The zero-order valence-corrected chi connectivity index (χ0v) is 15.7. The second-order valence-corrected chi connectivity index (χ2v) is 6.90. The fraction of sp³-hybridized carbons (Fsp3) is 0.250. The fourth-order valence-corrected chi connectivity index (χ4v) is 2.98. The third kappa shape index (κ3) is 4.46. The largest absolute Gasteiger partial charge is 0.465 e. The quantitative estimate of drug-likeness (QED) is 0.768. The van der Waals surface area contributed by atoms with Crippen molar-refractivity contribution in [2.24, 2.45) is 11.8 Å². The Hall–Kier alpha value is -2.86. The maximum atomic E-state index is 12.4. The van der Waals surface area contributed by atoms with Gasteiger partial charge < -0.3 is 15.4 Å². The number of hydrogen-bond acceptors (Lipinski definition) is 4. The highest BCUT2D eigenvalue weighted by atomic mass is 35.5. The minimum absolute atomic E-state index is 0.205. The van der Waals surface area contributed by atoms with Crippen molar-refractivity contribution in [3.8, 4) is 0 Å². The molecular formula is C20H19ClN2O4. The molecule has 0 aromatic heterocycles. The lowest BCUT2D eigenvalue weighted by atomic mass is 10.2. The van der Waals surface area contributed by atoms with E-state index in [1.807, 2.05) is 13.0 Å². The SMILES string of the molecule is COC(=O)c1cccc(NC(=O)C2CC2C(=O)Nc2cc(Cl)ccc2C)c1. The zero-order chi connectivity index (χ0) is 19.6. The number of benzene rings is 2. The molecule has 0 bridgehead atoms. The van der Waals surface area contributed by atoms with Gasteiger partial charge in [-0.05, 0) is 49.2 Å². The molecule has 2 atom stereocenters. The summed E-state index contributed by atoms with van der Waals surface area (Å²) in [6, 6.07) is 11.7. The number of rotatable bonds is 5. The van der Waals surface area contributed by atoms with Crippen LogP contribution in [0.5, 0.6) is 0 Å². The lowest BCUT2D eigenvalue weighted by Gasteiger charge is -2.09. The summed E-state index contributed by atoms with van der Waals surface area (Å²) in [6.07, 6.45) is 0.480. The molecule has 2 aromatic carbocycles. The number of methoxy groups -OCH3 is 1. The van der Waals surface area contributed by atoms with Crippen molar-refractivity contribution in [2.75, 3.05) is 17.7 Å². The van der Waals surface area contributed by atoms with Crippen LogP contribution in [0.3, 0.4) is 0 Å². The third-order valence-corrected chi connectivity index (χ3v) is 4.71. The van der Waals surface area contributed by atoms with E-state index < -0.39 is 11.9 Å². The van der Waals surface area contributed by atoms with Crippen molar-refractivity contribution in [3.63, 3.8) is 0 Å². The Kier molecular flexibility index (Phi) is 5.46. The van der Waals surface area contributed by atoms with Crippen LogP contribution in [0.25, 0.3) is 0 Å². The fourth-order valence-electron chi connectivity index (χ4n) is 2.81. The minimum Gasteiger partial charge on any atom is -0.465 e. The Bertz CT molecular complexity index is 913. The van der Waals surface area contributed by atoms with E-state index in [1.165, 1.54) is 13.2 Å². The van der Waals surface area contributed by atoms with Gasteiger partial charge in [0.25, 0.3) is 0 Å². The summed E-state index contributed by atoms with van der Waals surface area (Å²) in [4.78, 5) is 36.3. The molecule has 0 radical (unpaired) electrons. The molecule has 1 fully saturated rings. The summed E-state index contributed by atoms with van der Waals surface area (Å²) >= 11 is 5.96. The molecule has 6 nitrogen and oxygen atoms in total. The van der Waals surface area contributed by atoms with E-state index in [-0.39, 0.29) is 17.7 Å². The predicted octanol–water partition coefficient (Wildman–Crippen LogP) is 3.65. The Balaban J connectivity index is 1.59. The van der Waals surface area contributed by atoms with Crippen LogP contribution >= 0.6 is 11.6 Å². The average molecular weight is 387 g/mol. The number of anilines is 2. The third-order valence-electron chi connectivity index (χ3n) is 4.47. The Morgan fingerprint density at radius 3 is 2.44 bits per heavy atom. The van der Waals surface area contributed by atoms with Crippen LogP contribution in [0.2, 0.25) is 5.02 Å². The molecule has 3 rings (SSSR count). The van der Waals surface area contributed by atoms with Gasteiger partial charge in [-0.15, -0.1) is 0 Å². The van der Waals surface area contributed by atoms with Crippen molar-refractivity contribution < 1.29 is 19.1 Å². The minimum atomic E-state index is -0.480. The molecular weight excluding hydrogens is 368 g/mol. The monoisotopic (exact) mass is 386 g/mol. The van der Waals surface area contributed by atoms with Crippen molar-refractivity contribution in [2.45, 2.75) is 13.3 Å². The first-order valence-corrected chi connectivity index (χ1v) is 8.83. The molecule has 1 aliphatic rings. The van der Waals surface area contributed by atoms with Crippen molar-refractivity contribution in [3.05, 3.63) is 58.6 Å². The Labute approximate surface area is 161 Å². The average Bonchev–Trinajstić information content (AvgIpc) is 3.45. The summed E-state index contributed by atoms with van der Waals surface area (Å²) < 4.78 is 4.67. The maximum Gasteiger partial charge on any atom is 0.337 e. The van der Waals surface area contributed by atoms with E-state index >= 15 is 0 Å². The Morgan fingerprint density at radius 1 is 1.04 bits per heavy atom. The van der Waals surface area contributed by atoms with E-state index in [0.717, 1.165) is 5.56 Å². The molecule has 2 N–H and O–H groups in total. The molecule has 27 heavy (non-hydrogen) atoms. The van der Waals surface area contributed by atoms with Crippen molar-refractivity contribution >= 4 is 40.8 Å². The summed E-state index contributed by atoms with van der Waals surface area (Å²) in [5, 5.41) is 6.11. The first-order valence-electron chi connectivity index (χ1n) is 8.45. The van der Waals surface area contributed by atoms with Crippen LogP contribution in [-0.2, 0) is 14.3 Å². The molecule has 0 spiro atoms. The van der Waals surface area contributed by atoms with Crippen LogP contribution in [-0.4, -0.2) is 24.9 Å². The molecule has 2 aromatic rings. The number of ether oxygens (including phenoxy) is 1. The molecule has 0 aliphatic heterocycles. The van der Waals surface area contributed by atoms with Gasteiger partial charge in [-0.3, -0.25) is 9.59 Å².